The van der Waals surface area contributed by atoms with Crippen molar-refractivity contribution in [3.63, 3.8) is 0 Å². The van der Waals surface area contributed by atoms with Crippen molar-refractivity contribution >= 4 is 23.2 Å². The van der Waals surface area contributed by atoms with Gasteiger partial charge in [-0.1, -0.05) is 23.7 Å². The monoisotopic (exact) mass is 414 g/mol. The molecule has 1 N–H and O–H groups in total. The van der Waals surface area contributed by atoms with Crippen LogP contribution >= 0.6 is 11.6 Å². The number of hydrogen-bond donors (Lipinski definition) is 1. The molecule has 0 aromatic heterocycles. The third kappa shape index (κ3) is 5.64. The standard InChI is InChI=1S/C23H27ClN2O3/c24-19-3-1-2-18(14-19)16-26-10-8-17(9-11-26)4-7-23(27)25-20-5-6-21-22(15-20)29-13-12-28-21/h1-3,5-6,14-15,17H,4,7-13,16H2,(H,25,27). The minimum atomic E-state index is 0.0584. The van der Waals surface area contributed by atoms with Gasteiger partial charge in [-0.2, -0.15) is 0 Å². The Morgan fingerprint density at radius 3 is 2.66 bits per heavy atom. The average Bonchev–Trinajstić information content (AvgIpc) is 2.73. The van der Waals surface area contributed by atoms with Crippen LogP contribution in [0, 0.1) is 5.92 Å². The number of carbonyl (C=O) groups is 1. The fourth-order valence-electron chi connectivity index (χ4n) is 4.01. The zero-order valence-corrected chi connectivity index (χ0v) is 17.3. The number of piperidine rings is 1. The summed E-state index contributed by atoms with van der Waals surface area (Å²) in [6.07, 6.45) is 3.75. The predicted octanol–water partition coefficient (Wildman–Crippen LogP) is 4.74. The Balaban J connectivity index is 1.19. The van der Waals surface area contributed by atoms with E-state index in [1.165, 1.54) is 5.56 Å². The number of benzene rings is 2. The van der Waals surface area contributed by atoms with Gasteiger partial charge in [-0.3, -0.25) is 9.69 Å². The molecule has 0 saturated carbocycles. The summed E-state index contributed by atoms with van der Waals surface area (Å²) >= 11 is 6.08. The molecule has 2 aromatic carbocycles. The molecule has 2 aliphatic heterocycles. The highest BCUT2D eigenvalue weighted by atomic mass is 35.5. The number of halogens is 1. The zero-order chi connectivity index (χ0) is 20.1. The number of nitrogens with zero attached hydrogens (tertiary/aromatic N) is 1. The lowest BCUT2D eigenvalue weighted by Gasteiger charge is -2.32. The number of rotatable bonds is 6. The molecule has 1 amide bonds. The summed E-state index contributed by atoms with van der Waals surface area (Å²) in [6.45, 7) is 4.19. The van der Waals surface area contributed by atoms with Crippen molar-refractivity contribution in [1.82, 2.24) is 4.90 Å². The summed E-state index contributed by atoms with van der Waals surface area (Å²) in [6, 6.07) is 13.6. The quantitative estimate of drug-likeness (QED) is 0.741. The van der Waals surface area contributed by atoms with Gasteiger partial charge in [-0.05, 0) is 68.1 Å². The SMILES string of the molecule is O=C(CCC1CCN(Cc2cccc(Cl)c2)CC1)Nc1ccc2c(c1)OCCO2. The highest BCUT2D eigenvalue weighted by Crippen LogP contribution is 2.32. The molecular weight excluding hydrogens is 388 g/mol. The minimum Gasteiger partial charge on any atom is -0.486 e. The van der Waals surface area contributed by atoms with Crippen LogP contribution in [0.3, 0.4) is 0 Å². The van der Waals surface area contributed by atoms with E-state index in [-0.39, 0.29) is 5.91 Å². The molecule has 0 radical (unpaired) electrons. The maximum atomic E-state index is 12.4. The van der Waals surface area contributed by atoms with Gasteiger partial charge in [-0.15, -0.1) is 0 Å². The zero-order valence-electron chi connectivity index (χ0n) is 16.5. The van der Waals surface area contributed by atoms with Crippen LogP contribution < -0.4 is 14.8 Å². The smallest absolute Gasteiger partial charge is 0.224 e. The summed E-state index contributed by atoms with van der Waals surface area (Å²) in [5.74, 6) is 2.10. The van der Waals surface area contributed by atoms with Crippen LogP contribution in [0.1, 0.15) is 31.2 Å². The summed E-state index contributed by atoms with van der Waals surface area (Å²) in [5.41, 5.74) is 2.02. The fourth-order valence-corrected chi connectivity index (χ4v) is 4.22. The Hall–Kier alpha value is -2.24. The van der Waals surface area contributed by atoms with E-state index in [0.29, 0.717) is 31.3 Å². The van der Waals surface area contributed by atoms with Gasteiger partial charge in [0.05, 0.1) is 0 Å². The van der Waals surface area contributed by atoms with Crippen LogP contribution in [-0.2, 0) is 11.3 Å². The second-order valence-electron chi connectivity index (χ2n) is 7.79. The molecule has 5 nitrogen and oxygen atoms in total. The van der Waals surface area contributed by atoms with Crippen LogP contribution in [0.5, 0.6) is 11.5 Å². The molecule has 154 valence electrons. The third-order valence-corrected chi connectivity index (χ3v) is 5.84. The number of anilines is 1. The topological polar surface area (TPSA) is 50.8 Å². The number of amides is 1. The normalized spacial score (nSPS) is 17.1. The highest BCUT2D eigenvalue weighted by molar-refractivity contribution is 6.30. The number of ether oxygens (including phenoxy) is 2. The first-order chi connectivity index (χ1) is 14.2. The number of nitrogens with one attached hydrogen (secondary N) is 1. The van der Waals surface area contributed by atoms with Crippen molar-refractivity contribution in [1.29, 1.82) is 0 Å². The van der Waals surface area contributed by atoms with Gasteiger partial charge in [0, 0.05) is 29.7 Å². The lowest BCUT2D eigenvalue weighted by molar-refractivity contribution is -0.116. The van der Waals surface area contributed by atoms with E-state index in [1.54, 1.807) is 0 Å². The molecule has 1 fully saturated rings. The number of carbonyl (C=O) groups excluding carboxylic acids is 1. The summed E-state index contributed by atoms with van der Waals surface area (Å²) < 4.78 is 11.1. The van der Waals surface area contributed by atoms with Gasteiger partial charge in [0.25, 0.3) is 0 Å². The van der Waals surface area contributed by atoms with E-state index >= 15 is 0 Å². The number of hydrogen-bond acceptors (Lipinski definition) is 4. The first kappa shape index (κ1) is 20.0. The molecular formula is C23H27ClN2O3. The molecule has 0 spiro atoms. The molecule has 0 bridgehead atoms. The maximum Gasteiger partial charge on any atom is 0.224 e. The molecule has 1 saturated heterocycles. The van der Waals surface area contributed by atoms with Crippen molar-refractivity contribution in [2.24, 2.45) is 5.92 Å². The van der Waals surface area contributed by atoms with Gasteiger partial charge < -0.3 is 14.8 Å². The van der Waals surface area contributed by atoms with Crippen LogP contribution in [0.4, 0.5) is 5.69 Å². The molecule has 0 aliphatic carbocycles. The third-order valence-electron chi connectivity index (χ3n) is 5.61. The van der Waals surface area contributed by atoms with E-state index in [4.69, 9.17) is 21.1 Å². The number of likely N-dealkylation sites (tertiary alicyclic amines) is 1. The van der Waals surface area contributed by atoms with E-state index in [1.807, 2.05) is 36.4 Å². The highest BCUT2D eigenvalue weighted by Gasteiger charge is 2.20. The van der Waals surface area contributed by atoms with Gasteiger partial charge in [0.2, 0.25) is 5.91 Å². The second-order valence-corrected chi connectivity index (χ2v) is 8.23. The summed E-state index contributed by atoms with van der Waals surface area (Å²) in [4.78, 5) is 14.8. The fraction of sp³-hybridized carbons (Fsp3) is 0.435. The Morgan fingerprint density at radius 2 is 1.86 bits per heavy atom. The van der Waals surface area contributed by atoms with Crippen LogP contribution in [0.15, 0.2) is 42.5 Å². The molecule has 0 unspecified atom stereocenters. The van der Waals surface area contributed by atoms with Crippen LogP contribution in [-0.4, -0.2) is 37.1 Å². The van der Waals surface area contributed by atoms with Crippen molar-refractivity contribution in [3.05, 3.63) is 53.1 Å². The number of fused-ring (bicyclic) bond motifs is 1. The molecule has 0 atom stereocenters. The molecule has 6 heteroatoms. The Kier molecular flexibility index (Phi) is 6.57. The van der Waals surface area contributed by atoms with Crippen molar-refractivity contribution in [3.8, 4) is 11.5 Å². The van der Waals surface area contributed by atoms with Crippen LogP contribution in [0.25, 0.3) is 0 Å². The predicted molar refractivity (Wildman–Crippen MR) is 115 cm³/mol. The van der Waals surface area contributed by atoms with Crippen LogP contribution in [0.2, 0.25) is 5.02 Å². The van der Waals surface area contributed by atoms with E-state index in [2.05, 4.69) is 16.3 Å². The first-order valence-electron chi connectivity index (χ1n) is 10.3. The summed E-state index contributed by atoms with van der Waals surface area (Å²) in [7, 11) is 0. The minimum absolute atomic E-state index is 0.0584. The lowest BCUT2D eigenvalue weighted by atomic mass is 9.92. The Bertz CT molecular complexity index is 850. The van der Waals surface area contributed by atoms with Gasteiger partial charge in [0.1, 0.15) is 13.2 Å². The molecule has 4 rings (SSSR count). The summed E-state index contributed by atoms with van der Waals surface area (Å²) in [5, 5.41) is 3.77. The molecule has 2 aromatic rings. The Labute approximate surface area is 176 Å². The van der Waals surface area contributed by atoms with E-state index in [9.17, 15) is 4.79 Å². The van der Waals surface area contributed by atoms with Crippen molar-refractivity contribution in [2.45, 2.75) is 32.2 Å². The van der Waals surface area contributed by atoms with Crippen molar-refractivity contribution in [2.75, 3.05) is 31.6 Å². The van der Waals surface area contributed by atoms with Gasteiger partial charge >= 0.3 is 0 Å². The first-order valence-corrected chi connectivity index (χ1v) is 10.7. The van der Waals surface area contributed by atoms with Crippen molar-refractivity contribution < 1.29 is 14.3 Å². The molecule has 2 aliphatic rings. The van der Waals surface area contributed by atoms with E-state index < -0.39 is 0 Å². The van der Waals surface area contributed by atoms with E-state index in [0.717, 1.165) is 55.4 Å². The Morgan fingerprint density at radius 1 is 1.07 bits per heavy atom. The largest absolute Gasteiger partial charge is 0.486 e. The lowest BCUT2D eigenvalue weighted by Crippen LogP contribution is -2.33. The van der Waals surface area contributed by atoms with Gasteiger partial charge in [0.15, 0.2) is 11.5 Å². The molecule has 2 heterocycles. The van der Waals surface area contributed by atoms with Gasteiger partial charge in [-0.25, -0.2) is 0 Å². The molecule has 29 heavy (non-hydrogen) atoms. The maximum absolute atomic E-state index is 12.4. The second kappa shape index (κ2) is 9.51. The average molecular weight is 415 g/mol.